The number of carbonyl (C=O) groups is 2. The molecule has 46 heavy (non-hydrogen) atoms. The topological polar surface area (TPSA) is 98.8 Å². The average Bonchev–Trinajstić information content (AvgIpc) is 3.00. The number of nitrogens with two attached hydrogens (primary N) is 1. The van der Waals surface area contributed by atoms with Crippen molar-refractivity contribution in [2.45, 2.75) is 232 Å². The van der Waals surface area contributed by atoms with Crippen molar-refractivity contribution in [3.05, 3.63) is 0 Å². The molecule has 2 unspecified atom stereocenters. The zero-order valence-electron chi connectivity index (χ0n) is 30.9. The van der Waals surface area contributed by atoms with E-state index in [0.29, 0.717) is 12.8 Å². The second kappa shape index (κ2) is 34.2. The van der Waals surface area contributed by atoms with Crippen LogP contribution >= 0.6 is 17.0 Å². The normalized spacial score (nSPS) is 12.8. The fourth-order valence-electron chi connectivity index (χ4n) is 5.78. The zero-order valence-corrected chi connectivity index (χ0v) is 32.6. The zero-order chi connectivity index (χ0) is 33.4. The molecule has 0 aromatic carbocycles. The molecule has 0 rings (SSSR count). The third kappa shape index (κ3) is 33.2. The minimum atomic E-state index is -0.869. The van der Waals surface area contributed by atoms with Crippen LogP contribution in [0.25, 0.3) is 0 Å². The van der Waals surface area contributed by atoms with Crippen LogP contribution in [0, 0.1) is 0 Å². The van der Waals surface area contributed by atoms with E-state index < -0.39 is 17.7 Å². The predicted molar refractivity (Wildman–Crippen MR) is 201 cm³/mol. The van der Waals surface area contributed by atoms with Crippen LogP contribution in [0.15, 0.2) is 0 Å². The highest BCUT2D eigenvalue weighted by atomic mass is 79.9. The highest BCUT2D eigenvalue weighted by molar-refractivity contribution is 8.93. The van der Waals surface area contributed by atoms with Gasteiger partial charge >= 0.3 is 11.9 Å². The number of halogens is 1. The number of rotatable bonds is 34. The SMILES string of the molecule is Br.CCCCCCCCCCCCCCCC(=O)OCC(CC(O)C(C)(C)N)OC(=O)CCCCCCCCCCCCCCC. The number of esters is 2. The molecule has 0 aliphatic carbocycles. The lowest BCUT2D eigenvalue weighted by atomic mass is 9.94. The van der Waals surface area contributed by atoms with Crippen molar-refractivity contribution in [3.8, 4) is 0 Å². The maximum atomic E-state index is 12.6. The largest absolute Gasteiger partial charge is 0.462 e. The molecule has 0 aromatic heterocycles. The van der Waals surface area contributed by atoms with E-state index in [4.69, 9.17) is 15.2 Å². The molecular weight excluding hydrogens is 642 g/mol. The van der Waals surface area contributed by atoms with Crippen LogP contribution in [-0.2, 0) is 19.1 Å². The van der Waals surface area contributed by atoms with Gasteiger partial charge in [0.2, 0.25) is 0 Å². The molecule has 0 saturated carbocycles. The average molecular weight is 721 g/mol. The molecule has 0 aliphatic rings. The summed E-state index contributed by atoms with van der Waals surface area (Å²) in [5.74, 6) is -0.560. The Morgan fingerprint density at radius 3 is 1.20 bits per heavy atom. The lowest BCUT2D eigenvalue weighted by Crippen LogP contribution is -2.47. The third-order valence-corrected chi connectivity index (χ3v) is 9.04. The van der Waals surface area contributed by atoms with Gasteiger partial charge in [-0.1, -0.05) is 168 Å². The van der Waals surface area contributed by atoms with E-state index in [1.807, 2.05) is 0 Å². The molecule has 0 amide bonds. The van der Waals surface area contributed by atoms with Gasteiger partial charge in [-0.3, -0.25) is 9.59 Å². The van der Waals surface area contributed by atoms with Crippen molar-refractivity contribution in [3.63, 3.8) is 0 Å². The number of hydrogen-bond acceptors (Lipinski definition) is 6. The summed E-state index contributed by atoms with van der Waals surface area (Å²) >= 11 is 0. The molecule has 7 heteroatoms. The summed E-state index contributed by atoms with van der Waals surface area (Å²) in [4.78, 5) is 24.9. The molecule has 0 aliphatic heterocycles. The van der Waals surface area contributed by atoms with Gasteiger partial charge in [0.05, 0.1) is 6.10 Å². The smallest absolute Gasteiger partial charge is 0.306 e. The molecular formula is C39H78BrNO5. The monoisotopic (exact) mass is 720 g/mol. The Bertz CT molecular complexity index is 669. The Labute approximate surface area is 296 Å². The van der Waals surface area contributed by atoms with E-state index in [1.165, 1.54) is 128 Å². The molecule has 0 saturated heterocycles. The number of aliphatic hydroxyl groups excluding tert-OH is 1. The lowest BCUT2D eigenvalue weighted by Gasteiger charge is -2.29. The minimum absolute atomic E-state index is 0. The van der Waals surface area contributed by atoms with Gasteiger partial charge in [-0.15, -0.1) is 17.0 Å². The van der Waals surface area contributed by atoms with Gasteiger partial charge in [0.25, 0.3) is 0 Å². The van der Waals surface area contributed by atoms with Gasteiger partial charge in [-0.2, -0.15) is 0 Å². The number of unbranched alkanes of at least 4 members (excludes halogenated alkanes) is 24. The molecule has 3 N–H and O–H groups in total. The van der Waals surface area contributed by atoms with Gasteiger partial charge in [0, 0.05) is 24.8 Å². The van der Waals surface area contributed by atoms with Crippen molar-refractivity contribution < 1.29 is 24.2 Å². The number of hydrogen-bond donors (Lipinski definition) is 2. The molecule has 0 radical (unpaired) electrons. The minimum Gasteiger partial charge on any atom is -0.462 e. The standard InChI is InChI=1S/C39H77NO5.BrH/c1-5-7-9-11-13-15-17-19-21-23-25-27-29-31-37(42)44-34-35(33-36(41)39(3,4)40)45-38(43)32-30-28-26-24-22-20-18-16-14-12-10-8-6-2;/h35-36,41H,5-34,40H2,1-4H3;1H. The third-order valence-electron chi connectivity index (χ3n) is 9.04. The summed E-state index contributed by atoms with van der Waals surface area (Å²) in [5, 5.41) is 10.5. The van der Waals surface area contributed by atoms with E-state index in [1.54, 1.807) is 13.8 Å². The first kappa shape index (κ1) is 47.5. The molecule has 0 spiro atoms. The Hall–Kier alpha value is -0.660. The molecule has 0 fully saturated rings. The van der Waals surface area contributed by atoms with Crippen molar-refractivity contribution >= 4 is 28.9 Å². The van der Waals surface area contributed by atoms with Crippen LogP contribution in [-0.4, -0.2) is 41.4 Å². The lowest BCUT2D eigenvalue weighted by molar-refractivity contribution is -0.161. The number of ether oxygens (including phenoxy) is 2. The summed E-state index contributed by atoms with van der Waals surface area (Å²) < 4.78 is 11.1. The molecule has 276 valence electrons. The second-order valence-corrected chi connectivity index (χ2v) is 14.4. The first-order valence-electron chi connectivity index (χ1n) is 19.5. The molecule has 0 heterocycles. The van der Waals surface area contributed by atoms with E-state index in [-0.39, 0.29) is 41.9 Å². The molecule has 2 atom stereocenters. The highest BCUT2D eigenvalue weighted by Gasteiger charge is 2.28. The van der Waals surface area contributed by atoms with Crippen molar-refractivity contribution in [2.75, 3.05) is 6.61 Å². The molecule has 0 bridgehead atoms. The number of carbonyl (C=O) groups excluding carboxylic acids is 2. The van der Waals surface area contributed by atoms with Crippen LogP contribution in [0.2, 0.25) is 0 Å². The van der Waals surface area contributed by atoms with Gasteiger partial charge in [-0.05, 0) is 26.7 Å². The summed E-state index contributed by atoms with van der Waals surface area (Å²) in [5.41, 5.74) is 5.23. The van der Waals surface area contributed by atoms with E-state index in [0.717, 1.165) is 38.5 Å². The van der Waals surface area contributed by atoms with Crippen LogP contribution < -0.4 is 5.73 Å². The predicted octanol–water partition coefficient (Wildman–Crippen LogP) is 11.5. The Kier molecular flexibility index (Phi) is 35.3. The van der Waals surface area contributed by atoms with Gasteiger partial charge in [0.15, 0.2) is 0 Å². The van der Waals surface area contributed by atoms with Crippen LogP contribution in [0.4, 0.5) is 0 Å². The molecule has 0 aromatic rings. The Balaban J connectivity index is 0. The fraction of sp³-hybridized carbons (Fsp3) is 0.949. The van der Waals surface area contributed by atoms with Gasteiger partial charge < -0.3 is 20.3 Å². The summed E-state index contributed by atoms with van der Waals surface area (Å²) in [6.45, 7) is 7.97. The Morgan fingerprint density at radius 1 is 0.565 bits per heavy atom. The van der Waals surface area contributed by atoms with Gasteiger partial charge in [0.1, 0.15) is 12.7 Å². The van der Waals surface area contributed by atoms with Crippen molar-refractivity contribution in [1.29, 1.82) is 0 Å². The van der Waals surface area contributed by atoms with E-state index >= 15 is 0 Å². The maximum absolute atomic E-state index is 12.6. The second-order valence-electron chi connectivity index (χ2n) is 14.4. The van der Waals surface area contributed by atoms with Crippen LogP contribution in [0.1, 0.15) is 214 Å². The molecule has 6 nitrogen and oxygen atoms in total. The van der Waals surface area contributed by atoms with Crippen molar-refractivity contribution in [1.82, 2.24) is 0 Å². The summed E-state index contributed by atoms with van der Waals surface area (Å²) in [6.07, 6.45) is 32.0. The fourth-order valence-corrected chi connectivity index (χ4v) is 5.78. The van der Waals surface area contributed by atoms with Crippen LogP contribution in [0.5, 0.6) is 0 Å². The number of aliphatic hydroxyl groups is 1. The maximum Gasteiger partial charge on any atom is 0.306 e. The quantitative estimate of drug-likeness (QED) is 0.0507. The summed E-state index contributed by atoms with van der Waals surface area (Å²) in [7, 11) is 0. The summed E-state index contributed by atoms with van der Waals surface area (Å²) in [6, 6.07) is 0. The first-order chi connectivity index (χ1) is 21.7. The van der Waals surface area contributed by atoms with Gasteiger partial charge in [-0.25, -0.2) is 0 Å². The highest BCUT2D eigenvalue weighted by Crippen LogP contribution is 2.17. The van der Waals surface area contributed by atoms with E-state index in [2.05, 4.69) is 13.8 Å². The van der Waals surface area contributed by atoms with Crippen LogP contribution in [0.3, 0.4) is 0 Å². The Morgan fingerprint density at radius 2 is 0.870 bits per heavy atom. The van der Waals surface area contributed by atoms with Crippen molar-refractivity contribution in [2.24, 2.45) is 5.73 Å². The van der Waals surface area contributed by atoms with E-state index in [9.17, 15) is 14.7 Å². The first-order valence-corrected chi connectivity index (χ1v) is 19.5.